The molecule has 0 aromatic carbocycles. The van der Waals surface area contributed by atoms with Crippen molar-refractivity contribution >= 4 is 0 Å². The standard InChI is InChI=1S/C16H23NO2/c18-9-12-5-4-11(19-12)8-17-16-7-10-6-15(16)14-3-1-2-13(10)14/h4-5,10,13-18H,1-3,6-9H2. The topological polar surface area (TPSA) is 45.4 Å². The highest BCUT2D eigenvalue weighted by atomic mass is 16.4. The van der Waals surface area contributed by atoms with Crippen molar-refractivity contribution in [2.45, 2.75) is 51.3 Å². The number of furan rings is 1. The summed E-state index contributed by atoms with van der Waals surface area (Å²) in [6, 6.07) is 4.54. The second kappa shape index (κ2) is 4.64. The predicted molar refractivity (Wildman–Crippen MR) is 72.3 cm³/mol. The van der Waals surface area contributed by atoms with Crippen LogP contribution in [0.1, 0.15) is 43.6 Å². The van der Waals surface area contributed by atoms with Crippen molar-refractivity contribution in [3.63, 3.8) is 0 Å². The highest BCUT2D eigenvalue weighted by molar-refractivity contribution is 5.08. The van der Waals surface area contributed by atoms with Crippen LogP contribution < -0.4 is 5.32 Å². The largest absolute Gasteiger partial charge is 0.462 e. The number of aliphatic hydroxyl groups excluding tert-OH is 1. The SMILES string of the molecule is OCc1ccc(CNC2CC3CC2C2CCCC32)o1. The van der Waals surface area contributed by atoms with Gasteiger partial charge in [0.25, 0.3) is 0 Å². The average Bonchev–Trinajstić information content (AvgIpc) is 3.16. The van der Waals surface area contributed by atoms with E-state index in [2.05, 4.69) is 5.32 Å². The molecule has 0 radical (unpaired) electrons. The van der Waals surface area contributed by atoms with Crippen molar-refractivity contribution < 1.29 is 9.52 Å². The van der Waals surface area contributed by atoms with Crippen LogP contribution in [-0.4, -0.2) is 11.1 Å². The minimum atomic E-state index is -0.00210. The molecule has 3 aliphatic carbocycles. The Hall–Kier alpha value is -0.800. The van der Waals surface area contributed by atoms with Crippen molar-refractivity contribution in [2.24, 2.45) is 23.7 Å². The Morgan fingerprint density at radius 3 is 2.79 bits per heavy atom. The highest BCUT2D eigenvalue weighted by Crippen LogP contribution is 2.58. The van der Waals surface area contributed by atoms with E-state index in [4.69, 9.17) is 9.52 Å². The summed E-state index contributed by atoms with van der Waals surface area (Å²) in [6.07, 6.45) is 7.27. The summed E-state index contributed by atoms with van der Waals surface area (Å²) in [5.74, 6) is 5.62. The quantitative estimate of drug-likeness (QED) is 0.876. The molecule has 3 heteroatoms. The predicted octanol–water partition coefficient (Wildman–Crippen LogP) is 2.69. The molecule has 1 heterocycles. The zero-order valence-electron chi connectivity index (χ0n) is 11.3. The maximum Gasteiger partial charge on any atom is 0.129 e. The first kappa shape index (κ1) is 12.0. The molecule has 3 nitrogen and oxygen atoms in total. The van der Waals surface area contributed by atoms with Crippen molar-refractivity contribution in [3.05, 3.63) is 23.7 Å². The Kier molecular flexibility index (Phi) is 2.92. The van der Waals surface area contributed by atoms with Crippen LogP contribution in [0.2, 0.25) is 0 Å². The Bertz CT molecular complexity index is 455. The lowest BCUT2D eigenvalue weighted by atomic mass is 9.79. The number of rotatable bonds is 4. The molecule has 1 aromatic heterocycles. The van der Waals surface area contributed by atoms with Gasteiger partial charge >= 0.3 is 0 Å². The second-order valence-corrected chi connectivity index (χ2v) is 6.67. The van der Waals surface area contributed by atoms with Gasteiger partial charge in [0.1, 0.15) is 18.1 Å². The van der Waals surface area contributed by atoms with Crippen LogP contribution in [-0.2, 0) is 13.2 Å². The summed E-state index contributed by atoms with van der Waals surface area (Å²) in [5.41, 5.74) is 0. The number of hydrogen-bond acceptors (Lipinski definition) is 3. The molecule has 0 spiro atoms. The number of hydrogen-bond donors (Lipinski definition) is 2. The molecule has 2 bridgehead atoms. The molecule has 19 heavy (non-hydrogen) atoms. The monoisotopic (exact) mass is 261 g/mol. The molecule has 0 amide bonds. The summed E-state index contributed by atoms with van der Waals surface area (Å²) in [4.78, 5) is 0. The van der Waals surface area contributed by atoms with Gasteiger partial charge in [-0.15, -0.1) is 0 Å². The summed E-state index contributed by atoms with van der Waals surface area (Å²) < 4.78 is 5.55. The molecule has 0 aliphatic heterocycles. The van der Waals surface area contributed by atoms with Gasteiger partial charge in [-0.2, -0.15) is 0 Å². The number of fused-ring (bicyclic) bond motifs is 5. The molecule has 5 unspecified atom stereocenters. The minimum Gasteiger partial charge on any atom is -0.462 e. The molecule has 104 valence electrons. The minimum absolute atomic E-state index is 0.00210. The molecule has 5 atom stereocenters. The lowest BCUT2D eigenvalue weighted by molar-refractivity contribution is 0.203. The Labute approximate surface area is 114 Å². The van der Waals surface area contributed by atoms with Crippen LogP contribution in [0.3, 0.4) is 0 Å². The third-order valence-corrected chi connectivity index (χ3v) is 5.84. The van der Waals surface area contributed by atoms with E-state index in [1.54, 1.807) is 0 Å². The maximum atomic E-state index is 9.01. The fourth-order valence-electron chi connectivity index (χ4n) is 5.14. The smallest absolute Gasteiger partial charge is 0.129 e. The Balaban J connectivity index is 1.37. The lowest BCUT2D eigenvalue weighted by Crippen LogP contribution is -2.38. The van der Waals surface area contributed by atoms with E-state index in [0.29, 0.717) is 11.8 Å². The molecular formula is C16H23NO2. The van der Waals surface area contributed by atoms with Crippen LogP contribution in [0, 0.1) is 23.7 Å². The van der Waals surface area contributed by atoms with E-state index in [0.717, 1.165) is 36.0 Å². The van der Waals surface area contributed by atoms with Gasteiger partial charge in [0.05, 0.1) is 6.54 Å². The van der Waals surface area contributed by atoms with Crippen LogP contribution in [0.25, 0.3) is 0 Å². The van der Waals surface area contributed by atoms with Gasteiger partial charge in [0, 0.05) is 6.04 Å². The number of nitrogens with one attached hydrogen (secondary N) is 1. The molecule has 1 aromatic rings. The summed E-state index contributed by atoms with van der Waals surface area (Å²) >= 11 is 0. The highest BCUT2D eigenvalue weighted by Gasteiger charge is 2.53. The van der Waals surface area contributed by atoms with E-state index in [1.165, 1.54) is 32.1 Å². The molecule has 2 N–H and O–H groups in total. The second-order valence-electron chi connectivity index (χ2n) is 6.67. The van der Waals surface area contributed by atoms with Crippen LogP contribution >= 0.6 is 0 Å². The van der Waals surface area contributed by atoms with Gasteiger partial charge in [0.15, 0.2) is 0 Å². The van der Waals surface area contributed by atoms with Gasteiger partial charge in [0.2, 0.25) is 0 Å². The van der Waals surface area contributed by atoms with Gasteiger partial charge in [-0.3, -0.25) is 0 Å². The van der Waals surface area contributed by atoms with Crippen molar-refractivity contribution in [2.75, 3.05) is 0 Å². The van der Waals surface area contributed by atoms with Crippen LogP contribution in [0.4, 0.5) is 0 Å². The van der Waals surface area contributed by atoms with E-state index in [9.17, 15) is 0 Å². The normalized spacial score (nSPS) is 39.9. The summed E-state index contributed by atoms with van der Waals surface area (Å²) in [7, 11) is 0. The number of aliphatic hydroxyl groups is 1. The maximum absolute atomic E-state index is 9.01. The lowest BCUT2D eigenvalue weighted by Gasteiger charge is -2.32. The van der Waals surface area contributed by atoms with E-state index >= 15 is 0 Å². The fourth-order valence-corrected chi connectivity index (χ4v) is 5.14. The van der Waals surface area contributed by atoms with Crippen molar-refractivity contribution in [1.29, 1.82) is 0 Å². The summed E-state index contributed by atoms with van der Waals surface area (Å²) in [5, 5.41) is 12.7. The molecule has 3 fully saturated rings. The Morgan fingerprint density at radius 2 is 1.95 bits per heavy atom. The van der Waals surface area contributed by atoms with Crippen LogP contribution in [0.5, 0.6) is 0 Å². The van der Waals surface area contributed by atoms with Crippen molar-refractivity contribution in [1.82, 2.24) is 5.32 Å². The zero-order chi connectivity index (χ0) is 12.8. The van der Waals surface area contributed by atoms with E-state index in [-0.39, 0.29) is 6.61 Å². The zero-order valence-corrected chi connectivity index (χ0v) is 11.3. The average molecular weight is 261 g/mol. The van der Waals surface area contributed by atoms with E-state index in [1.807, 2.05) is 12.1 Å². The first-order chi connectivity index (χ1) is 9.35. The first-order valence-corrected chi connectivity index (χ1v) is 7.77. The third-order valence-electron chi connectivity index (χ3n) is 5.84. The molecule has 4 rings (SSSR count). The first-order valence-electron chi connectivity index (χ1n) is 7.77. The van der Waals surface area contributed by atoms with Gasteiger partial charge in [-0.25, -0.2) is 0 Å². The molecule has 3 saturated carbocycles. The van der Waals surface area contributed by atoms with Gasteiger partial charge < -0.3 is 14.8 Å². The van der Waals surface area contributed by atoms with Gasteiger partial charge in [-0.1, -0.05) is 6.42 Å². The molecule has 0 saturated heterocycles. The fraction of sp³-hybridized carbons (Fsp3) is 0.750. The van der Waals surface area contributed by atoms with Gasteiger partial charge in [-0.05, 0) is 61.5 Å². The van der Waals surface area contributed by atoms with Crippen molar-refractivity contribution in [3.8, 4) is 0 Å². The summed E-state index contributed by atoms with van der Waals surface area (Å²) in [6.45, 7) is 0.809. The third kappa shape index (κ3) is 1.95. The molecule has 3 aliphatic rings. The van der Waals surface area contributed by atoms with Crippen LogP contribution in [0.15, 0.2) is 16.5 Å². The molecular weight excluding hydrogens is 238 g/mol. The Morgan fingerprint density at radius 1 is 1.11 bits per heavy atom. The van der Waals surface area contributed by atoms with E-state index < -0.39 is 0 Å².